The van der Waals surface area contributed by atoms with Crippen molar-refractivity contribution >= 4 is 63.5 Å². The highest BCUT2D eigenvalue weighted by molar-refractivity contribution is 8.26. The van der Waals surface area contributed by atoms with Gasteiger partial charge < -0.3 is 10.1 Å². The molecule has 4 rings (SSSR count). The Labute approximate surface area is 225 Å². The van der Waals surface area contributed by atoms with Crippen LogP contribution in [-0.2, 0) is 22.3 Å². The maximum atomic E-state index is 12.9. The van der Waals surface area contributed by atoms with E-state index in [-0.39, 0.29) is 22.4 Å². The first kappa shape index (κ1) is 26.7. The number of thioether (sulfide) groups is 1. The van der Waals surface area contributed by atoms with Crippen LogP contribution < -0.4 is 10.1 Å². The maximum absolute atomic E-state index is 12.9. The molecule has 0 atom stereocenters. The zero-order valence-electron chi connectivity index (χ0n) is 18.9. The average Bonchev–Trinajstić information content (AvgIpc) is 3.11. The molecule has 0 aromatic heterocycles. The number of ether oxygens (including phenoxy) is 1. The number of amides is 2. The second kappa shape index (κ2) is 11.4. The van der Waals surface area contributed by atoms with Gasteiger partial charge >= 0.3 is 6.18 Å². The van der Waals surface area contributed by atoms with Crippen LogP contribution in [-0.4, -0.2) is 27.6 Å². The fourth-order valence-corrected chi connectivity index (χ4v) is 4.89. The van der Waals surface area contributed by atoms with Crippen molar-refractivity contribution in [2.75, 3.05) is 11.9 Å². The van der Waals surface area contributed by atoms with Crippen LogP contribution in [0.2, 0.25) is 5.02 Å². The van der Waals surface area contributed by atoms with Gasteiger partial charge in [0.2, 0.25) is 0 Å². The molecule has 5 nitrogen and oxygen atoms in total. The summed E-state index contributed by atoms with van der Waals surface area (Å²) in [5.74, 6) is -0.655. The predicted octanol–water partition coefficient (Wildman–Crippen LogP) is 6.78. The zero-order chi connectivity index (χ0) is 26.6. The fraction of sp³-hybridized carbons (Fsp3) is 0.115. The van der Waals surface area contributed by atoms with E-state index >= 15 is 0 Å². The van der Waals surface area contributed by atoms with Crippen molar-refractivity contribution in [2.45, 2.75) is 12.7 Å². The van der Waals surface area contributed by atoms with E-state index < -0.39 is 24.3 Å². The van der Waals surface area contributed by atoms with Crippen LogP contribution in [0.25, 0.3) is 6.08 Å². The van der Waals surface area contributed by atoms with Crippen LogP contribution in [0.15, 0.2) is 77.7 Å². The molecule has 0 bridgehead atoms. The number of anilines is 1. The quantitative estimate of drug-likeness (QED) is 0.254. The molecular weight excluding hydrogens is 545 g/mol. The molecule has 3 aromatic carbocycles. The van der Waals surface area contributed by atoms with Gasteiger partial charge in [0.05, 0.1) is 22.0 Å². The van der Waals surface area contributed by atoms with E-state index in [1.807, 2.05) is 30.3 Å². The minimum absolute atomic E-state index is 0.00514. The van der Waals surface area contributed by atoms with Gasteiger partial charge in [-0.2, -0.15) is 13.2 Å². The standard InChI is InChI=1S/C26H18ClF3N2O3S2/c27-20-11-17(12-22-24(34)32(25(36)37-22)14-16-5-2-1-3-6-16)9-10-21(20)35-15-23(33)31-19-8-4-7-18(13-19)26(28,29)30/h1-13H,14-15H2,(H,31,33)/b22-12-. The summed E-state index contributed by atoms with van der Waals surface area (Å²) >= 11 is 12.9. The largest absolute Gasteiger partial charge is 0.482 e. The zero-order valence-corrected chi connectivity index (χ0v) is 21.3. The van der Waals surface area contributed by atoms with E-state index in [0.29, 0.717) is 21.3 Å². The van der Waals surface area contributed by atoms with E-state index in [2.05, 4.69) is 5.32 Å². The van der Waals surface area contributed by atoms with Crippen LogP contribution >= 0.6 is 35.6 Å². The molecule has 1 fully saturated rings. The monoisotopic (exact) mass is 562 g/mol. The molecule has 11 heteroatoms. The number of nitrogens with one attached hydrogen (secondary N) is 1. The number of rotatable bonds is 7. The molecule has 1 N–H and O–H groups in total. The van der Waals surface area contributed by atoms with E-state index in [4.69, 9.17) is 28.6 Å². The van der Waals surface area contributed by atoms with Gasteiger partial charge in [-0.05, 0) is 47.5 Å². The number of carbonyl (C=O) groups excluding carboxylic acids is 2. The number of alkyl halides is 3. The Bertz CT molecular complexity index is 1380. The molecule has 1 saturated heterocycles. The summed E-state index contributed by atoms with van der Waals surface area (Å²) in [5.41, 5.74) is 0.712. The lowest BCUT2D eigenvalue weighted by molar-refractivity contribution is -0.137. The Hall–Kier alpha value is -3.34. The second-order valence-corrected chi connectivity index (χ2v) is 9.94. The summed E-state index contributed by atoms with van der Waals surface area (Å²) in [6.45, 7) is -0.0909. The molecule has 3 aromatic rings. The Morgan fingerprint density at radius 2 is 1.84 bits per heavy atom. The molecule has 0 saturated carbocycles. The van der Waals surface area contributed by atoms with Crippen LogP contribution in [0.3, 0.4) is 0 Å². The summed E-state index contributed by atoms with van der Waals surface area (Å²) in [7, 11) is 0. The highest BCUT2D eigenvalue weighted by Gasteiger charge is 2.32. The third-order valence-electron chi connectivity index (χ3n) is 5.14. The molecule has 0 unspecified atom stereocenters. The van der Waals surface area contributed by atoms with Crippen LogP contribution in [0.1, 0.15) is 16.7 Å². The molecule has 190 valence electrons. The summed E-state index contributed by atoms with van der Waals surface area (Å²) in [6.07, 6.45) is -2.85. The Balaban J connectivity index is 1.37. The maximum Gasteiger partial charge on any atom is 0.416 e. The smallest absolute Gasteiger partial charge is 0.416 e. The van der Waals surface area contributed by atoms with Gasteiger partial charge in [-0.25, -0.2) is 0 Å². The SMILES string of the molecule is O=C(COc1ccc(/C=C2\SC(=S)N(Cc3ccccc3)C2=O)cc1Cl)Nc1cccc(C(F)(F)F)c1. The van der Waals surface area contributed by atoms with Crippen molar-refractivity contribution in [2.24, 2.45) is 0 Å². The van der Waals surface area contributed by atoms with Gasteiger partial charge in [-0.15, -0.1) is 0 Å². The van der Waals surface area contributed by atoms with E-state index in [1.54, 1.807) is 18.2 Å². The van der Waals surface area contributed by atoms with E-state index in [1.165, 1.54) is 34.9 Å². The second-order valence-electron chi connectivity index (χ2n) is 7.86. The normalized spacial score (nSPS) is 14.8. The van der Waals surface area contributed by atoms with Crippen molar-refractivity contribution in [1.29, 1.82) is 0 Å². The number of halogens is 4. The first-order valence-corrected chi connectivity index (χ1v) is 12.4. The number of carbonyl (C=O) groups is 2. The van der Waals surface area contributed by atoms with Gasteiger partial charge in [-0.3, -0.25) is 14.5 Å². The van der Waals surface area contributed by atoms with Crippen molar-refractivity contribution < 1.29 is 27.5 Å². The van der Waals surface area contributed by atoms with Gasteiger partial charge in [0.1, 0.15) is 10.1 Å². The van der Waals surface area contributed by atoms with Crippen LogP contribution in [0.5, 0.6) is 5.75 Å². The van der Waals surface area contributed by atoms with Gasteiger partial charge in [0.25, 0.3) is 11.8 Å². The lowest BCUT2D eigenvalue weighted by atomic mass is 10.2. The van der Waals surface area contributed by atoms with Gasteiger partial charge in [0.15, 0.2) is 6.61 Å². The summed E-state index contributed by atoms with van der Waals surface area (Å²) in [4.78, 5) is 27.0. The van der Waals surface area contributed by atoms with E-state index in [0.717, 1.165) is 17.7 Å². The Kier molecular flexibility index (Phi) is 8.21. The first-order chi connectivity index (χ1) is 17.6. The van der Waals surface area contributed by atoms with Crippen molar-refractivity contribution in [3.63, 3.8) is 0 Å². The molecule has 0 aliphatic carbocycles. The molecule has 0 spiro atoms. The predicted molar refractivity (Wildman–Crippen MR) is 142 cm³/mol. The molecule has 2 amide bonds. The first-order valence-electron chi connectivity index (χ1n) is 10.8. The third-order valence-corrected chi connectivity index (χ3v) is 6.82. The summed E-state index contributed by atoms with van der Waals surface area (Å²) < 4.78 is 44.4. The lowest BCUT2D eigenvalue weighted by Gasteiger charge is -2.14. The van der Waals surface area contributed by atoms with Crippen molar-refractivity contribution in [1.82, 2.24) is 4.90 Å². The summed E-state index contributed by atoms with van der Waals surface area (Å²) in [6, 6.07) is 18.6. The number of hydrogen-bond acceptors (Lipinski definition) is 5. The highest BCUT2D eigenvalue weighted by Crippen LogP contribution is 2.35. The van der Waals surface area contributed by atoms with Crippen molar-refractivity contribution in [3.8, 4) is 5.75 Å². The Morgan fingerprint density at radius 1 is 1.08 bits per heavy atom. The van der Waals surface area contributed by atoms with Crippen LogP contribution in [0.4, 0.5) is 18.9 Å². The van der Waals surface area contributed by atoms with Gasteiger partial charge in [0, 0.05) is 5.69 Å². The Morgan fingerprint density at radius 3 is 2.54 bits per heavy atom. The topological polar surface area (TPSA) is 58.6 Å². The molecule has 37 heavy (non-hydrogen) atoms. The molecule has 1 heterocycles. The fourth-order valence-electron chi connectivity index (χ4n) is 3.39. The molecule has 1 aliphatic heterocycles. The summed E-state index contributed by atoms with van der Waals surface area (Å²) in [5, 5.41) is 2.56. The lowest BCUT2D eigenvalue weighted by Crippen LogP contribution is -2.27. The molecular formula is C26H18ClF3N2O3S2. The highest BCUT2D eigenvalue weighted by atomic mass is 35.5. The van der Waals surface area contributed by atoms with E-state index in [9.17, 15) is 22.8 Å². The number of nitrogens with zero attached hydrogens (tertiary/aromatic N) is 1. The number of hydrogen-bond donors (Lipinski definition) is 1. The number of thiocarbonyl (C=S) groups is 1. The third kappa shape index (κ3) is 6.91. The molecule has 1 aliphatic rings. The van der Waals surface area contributed by atoms with Crippen molar-refractivity contribution in [3.05, 3.63) is 99.4 Å². The van der Waals surface area contributed by atoms with Gasteiger partial charge in [-0.1, -0.05) is 78.0 Å². The number of benzene rings is 3. The van der Waals surface area contributed by atoms with Crippen LogP contribution in [0, 0.1) is 0 Å². The minimum atomic E-state index is -4.52. The average molecular weight is 563 g/mol. The molecule has 0 radical (unpaired) electrons. The minimum Gasteiger partial charge on any atom is -0.482 e.